The van der Waals surface area contributed by atoms with Gasteiger partial charge in [0.2, 0.25) is 0 Å². The normalized spacial score (nSPS) is 21.3. The Morgan fingerprint density at radius 2 is 1.87 bits per heavy atom. The van der Waals surface area contributed by atoms with Gasteiger partial charge in [0.05, 0.1) is 11.2 Å². The highest BCUT2D eigenvalue weighted by atomic mass is 32.2. The van der Waals surface area contributed by atoms with Crippen molar-refractivity contribution in [3.63, 3.8) is 0 Å². The molecule has 1 fully saturated rings. The van der Waals surface area contributed by atoms with Gasteiger partial charge in [-0.15, -0.1) is 0 Å². The number of ketones is 1. The van der Waals surface area contributed by atoms with E-state index in [9.17, 15) is 18.0 Å². The average Bonchev–Trinajstić information content (AvgIpc) is 2.06. The number of Topliss-reactive ketones (excluding diaryl/α,β-unsaturated/α-hetero) is 1. The van der Waals surface area contributed by atoms with Crippen LogP contribution in [0.2, 0.25) is 0 Å². The lowest BCUT2D eigenvalue weighted by Gasteiger charge is -2.31. The highest BCUT2D eigenvalue weighted by molar-refractivity contribution is 7.90. The third kappa shape index (κ3) is 3.02. The van der Waals surface area contributed by atoms with Crippen LogP contribution in [0.5, 0.6) is 0 Å². The van der Waals surface area contributed by atoms with Crippen molar-refractivity contribution in [1.82, 2.24) is 0 Å². The number of sulfone groups is 1. The monoisotopic (exact) mass is 234 g/mol. The molecule has 0 radical (unpaired) electrons. The van der Waals surface area contributed by atoms with Crippen molar-refractivity contribution in [3.05, 3.63) is 0 Å². The molecule has 1 N–H and O–H groups in total. The van der Waals surface area contributed by atoms with Gasteiger partial charge in [0, 0.05) is 19.1 Å². The predicted octanol–water partition coefficient (Wildman–Crippen LogP) is 0.245. The zero-order chi connectivity index (χ0) is 11.7. The maximum absolute atomic E-state index is 11.1. The Bertz CT molecular complexity index is 371. The Kier molecular flexibility index (Phi) is 3.18. The second kappa shape index (κ2) is 3.92. The summed E-state index contributed by atoms with van der Waals surface area (Å²) in [6.07, 6.45) is 1.63. The van der Waals surface area contributed by atoms with Crippen molar-refractivity contribution in [2.75, 3.05) is 12.0 Å². The largest absolute Gasteiger partial charge is 0.481 e. The molecule has 0 saturated heterocycles. The Morgan fingerprint density at radius 1 is 1.40 bits per heavy atom. The first-order valence-electron chi connectivity index (χ1n) is 4.68. The Labute approximate surface area is 88.4 Å². The summed E-state index contributed by atoms with van der Waals surface area (Å²) in [7, 11) is -3.34. The Hall–Kier alpha value is -0.910. The lowest BCUT2D eigenvalue weighted by atomic mass is 9.75. The summed E-state index contributed by atoms with van der Waals surface area (Å²) in [6.45, 7) is 0. The van der Waals surface area contributed by atoms with Gasteiger partial charge < -0.3 is 5.11 Å². The van der Waals surface area contributed by atoms with Crippen molar-refractivity contribution in [2.45, 2.75) is 25.7 Å². The highest BCUT2D eigenvalue weighted by Gasteiger charge is 2.44. The summed E-state index contributed by atoms with van der Waals surface area (Å²) >= 11 is 0. The summed E-state index contributed by atoms with van der Waals surface area (Å²) in [4.78, 5) is 22.1. The van der Waals surface area contributed by atoms with Gasteiger partial charge in [-0.25, -0.2) is 8.42 Å². The van der Waals surface area contributed by atoms with Crippen molar-refractivity contribution in [3.8, 4) is 0 Å². The van der Waals surface area contributed by atoms with E-state index in [1.165, 1.54) is 0 Å². The quantitative estimate of drug-likeness (QED) is 0.756. The molecule has 0 aromatic rings. The van der Waals surface area contributed by atoms with E-state index in [0.29, 0.717) is 0 Å². The first-order valence-corrected chi connectivity index (χ1v) is 6.74. The van der Waals surface area contributed by atoms with Gasteiger partial charge in [0.25, 0.3) is 0 Å². The predicted molar refractivity (Wildman–Crippen MR) is 53.3 cm³/mol. The van der Waals surface area contributed by atoms with Gasteiger partial charge >= 0.3 is 5.97 Å². The fourth-order valence-electron chi connectivity index (χ4n) is 1.93. The molecule has 6 heteroatoms. The van der Waals surface area contributed by atoms with E-state index in [4.69, 9.17) is 5.11 Å². The first-order chi connectivity index (χ1) is 6.75. The molecule has 0 aliphatic heterocycles. The molecule has 0 amide bonds. The van der Waals surface area contributed by atoms with Crippen LogP contribution >= 0.6 is 0 Å². The smallest absolute Gasteiger partial charge is 0.310 e. The molecule has 1 aliphatic carbocycles. The Balaban J connectivity index is 2.90. The summed E-state index contributed by atoms with van der Waals surface area (Å²) in [5.41, 5.74) is -1.25. The van der Waals surface area contributed by atoms with E-state index in [-0.39, 0.29) is 37.2 Å². The molecule has 1 aliphatic rings. The second-order valence-electron chi connectivity index (χ2n) is 4.19. The number of hydrogen-bond donors (Lipinski definition) is 1. The average molecular weight is 234 g/mol. The molecule has 1 rings (SSSR count). The van der Waals surface area contributed by atoms with Gasteiger partial charge in [0.1, 0.15) is 15.6 Å². The Morgan fingerprint density at radius 3 is 2.20 bits per heavy atom. The molecule has 86 valence electrons. The van der Waals surface area contributed by atoms with E-state index in [1.807, 2.05) is 0 Å². The molecule has 1 saturated carbocycles. The molecule has 0 bridgehead atoms. The molecule has 0 aromatic heterocycles. The van der Waals surface area contributed by atoms with Crippen LogP contribution in [0.4, 0.5) is 0 Å². The number of carboxylic acid groups (broad SMARTS) is 1. The van der Waals surface area contributed by atoms with E-state index in [1.54, 1.807) is 0 Å². The van der Waals surface area contributed by atoms with Crippen LogP contribution in [0, 0.1) is 5.41 Å². The third-order valence-corrected chi connectivity index (χ3v) is 3.83. The minimum absolute atomic E-state index is 0.0142. The van der Waals surface area contributed by atoms with Crippen molar-refractivity contribution < 1.29 is 23.1 Å². The molecule has 15 heavy (non-hydrogen) atoms. The SMILES string of the molecule is CS(=O)(=O)CC1(C(=O)O)CCC(=O)CC1. The zero-order valence-electron chi connectivity index (χ0n) is 8.52. The zero-order valence-corrected chi connectivity index (χ0v) is 9.34. The standard InChI is InChI=1S/C9H14O5S/c1-15(13,14)6-9(8(11)12)4-2-7(10)3-5-9/h2-6H2,1H3,(H,11,12). The maximum atomic E-state index is 11.1. The van der Waals surface area contributed by atoms with Gasteiger partial charge in [-0.1, -0.05) is 0 Å². The van der Waals surface area contributed by atoms with Crippen LogP contribution in [0.1, 0.15) is 25.7 Å². The van der Waals surface area contributed by atoms with Crippen LogP contribution in [0.3, 0.4) is 0 Å². The molecule has 0 spiro atoms. The van der Waals surface area contributed by atoms with Crippen LogP contribution in [0.15, 0.2) is 0 Å². The van der Waals surface area contributed by atoms with Crippen molar-refractivity contribution in [2.24, 2.45) is 5.41 Å². The molecule has 0 aromatic carbocycles. The van der Waals surface area contributed by atoms with Gasteiger partial charge in [-0.05, 0) is 12.8 Å². The number of carboxylic acids is 1. The first kappa shape index (κ1) is 12.2. The fourth-order valence-corrected chi connectivity index (χ4v) is 3.35. The number of carbonyl (C=O) groups is 2. The molecular weight excluding hydrogens is 220 g/mol. The second-order valence-corrected chi connectivity index (χ2v) is 6.33. The third-order valence-electron chi connectivity index (χ3n) is 2.76. The molecule has 0 unspecified atom stereocenters. The molecular formula is C9H14O5S. The summed E-state index contributed by atoms with van der Waals surface area (Å²) in [6, 6.07) is 0. The van der Waals surface area contributed by atoms with Crippen LogP contribution in [0.25, 0.3) is 0 Å². The lowest BCUT2D eigenvalue weighted by molar-refractivity contribution is -0.150. The van der Waals surface area contributed by atoms with Crippen LogP contribution < -0.4 is 0 Å². The van der Waals surface area contributed by atoms with Crippen molar-refractivity contribution in [1.29, 1.82) is 0 Å². The van der Waals surface area contributed by atoms with Gasteiger partial charge in [-0.3, -0.25) is 9.59 Å². The van der Waals surface area contributed by atoms with E-state index in [2.05, 4.69) is 0 Å². The minimum atomic E-state index is -3.34. The number of carbonyl (C=O) groups excluding carboxylic acids is 1. The van der Waals surface area contributed by atoms with Gasteiger partial charge in [-0.2, -0.15) is 0 Å². The molecule has 0 heterocycles. The molecule has 5 nitrogen and oxygen atoms in total. The molecule has 0 atom stereocenters. The number of hydrogen-bond acceptors (Lipinski definition) is 4. The van der Waals surface area contributed by atoms with E-state index in [0.717, 1.165) is 6.26 Å². The van der Waals surface area contributed by atoms with Crippen LogP contribution in [-0.4, -0.2) is 37.3 Å². The minimum Gasteiger partial charge on any atom is -0.481 e. The van der Waals surface area contributed by atoms with Gasteiger partial charge in [0.15, 0.2) is 0 Å². The lowest BCUT2D eigenvalue weighted by Crippen LogP contribution is -2.41. The fraction of sp³-hybridized carbons (Fsp3) is 0.778. The van der Waals surface area contributed by atoms with Crippen molar-refractivity contribution >= 4 is 21.6 Å². The topological polar surface area (TPSA) is 88.5 Å². The van der Waals surface area contributed by atoms with E-state index < -0.39 is 21.2 Å². The summed E-state index contributed by atoms with van der Waals surface area (Å²) < 4.78 is 22.3. The van der Waals surface area contributed by atoms with Crippen LogP contribution in [-0.2, 0) is 19.4 Å². The number of aliphatic carboxylic acids is 1. The van der Waals surface area contributed by atoms with E-state index >= 15 is 0 Å². The number of rotatable bonds is 3. The summed E-state index contributed by atoms with van der Waals surface area (Å²) in [5, 5.41) is 9.06. The summed E-state index contributed by atoms with van der Waals surface area (Å²) in [5.74, 6) is -1.47. The maximum Gasteiger partial charge on any atom is 0.310 e. The highest BCUT2D eigenvalue weighted by Crippen LogP contribution is 2.36.